The molecule has 0 spiro atoms. The third kappa shape index (κ3) is 5.17. The summed E-state index contributed by atoms with van der Waals surface area (Å²) in [5, 5.41) is 0. The zero-order valence-corrected chi connectivity index (χ0v) is 15.0. The van der Waals surface area contributed by atoms with Crippen molar-refractivity contribution in [2.75, 3.05) is 57.6 Å². The first-order valence-corrected chi connectivity index (χ1v) is 9.75. The highest BCUT2D eigenvalue weighted by Gasteiger charge is 2.27. The van der Waals surface area contributed by atoms with Crippen molar-refractivity contribution in [3.8, 4) is 0 Å². The van der Waals surface area contributed by atoms with Crippen molar-refractivity contribution in [3.05, 3.63) is 29.8 Å². The van der Waals surface area contributed by atoms with Crippen molar-refractivity contribution in [1.29, 1.82) is 0 Å². The molecule has 1 aliphatic rings. The van der Waals surface area contributed by atoms with Gasteiger partial charge in [-0.2, -0.15) is 0 Å². The van der Waals surface area contributed by atoms with E-state index in [0.717, 1.165) is 37.6 Å². The fourth-order valence-corrected chi connectivity index (χ4v) is 3.42. The number of nitrogens with one attached hydrogen (secondary N) is 2. The molecule has 0 unspecified atom stereocenters. The monoisotopic (exact) mass is 342 g/mol. The maximum atomic E-state index is 11.8. The second-order valence-electron chi connectivity index (χ2n) is 6.06. The lowest BCUT2D eigenvalue weighted by Gasteiger charge is -2.32. The van der Waals surface area contributed by atoms with E-state index < -0.39 is 10.0 Å². The molecule has 130 valence electrons. The van der Waals surface area contributed by atoms with Crippen LogP contribution in [0.4, 0.5) is 5.69 Å². The summed E-state index contributed by atoms with van der Waals surface area (Å²) in [7, 11) is 0.832. The zero-order valence-electron chi connectivity index (χ0n) is 14.2. The molecular formula is C16H28N3O3S+. The smallest absolute Gasteiger partial charge is 0.211 e. The van der Waals surface area contributed by atoms with Gasteiger partial charge in [0.2, 0.25) is 10.0 Å². The summed E-state index contributed by atoms with van der Waals surface area (Å²) in [6.45, 7) is 5.32. The molecule has 7 heteroatoms. The number of anilines is 1. The average molecular weight is 342 g/mol. The van der Waals surface area contributed by atoms with Gasteiger partial charge < -0.3 is 14.5 Å². The molecule has 0 amide bonds. The van der Waals surface area contributed by atoms with Crippen molar-refractivity contribution in [2.24, 2.45) is 0 Å². The highest BCUT2D eigenvalue weighted by Crippen LogP contribution is 2.16. The number of hydrogen-bond donors (Lipinski definition) is 2. The molecule has 0 aliphatic carbocycles. The largest absolute Gasteiger partial charge is 0.378 e. The lowest BCUT2D eigenvalue weighted by molar-refractivity contribution is -0.937. The quantitative estimate of drug-likeness (QED) is 0.711. The van der Waals surface area contributed by atoms with E-state index in [1.165, 1.54) is 4.90 Å². The highest BCUT2D eigenvalue weighted by atomic mass is 32.2. The van der Waals surface area contributed by atoms with Gasteiger partial charge in [0, 0.05) is 25.3 Å². The lowest BCUT2D eigenvalue weighted by atomic mass is 10.0. The summed E-state index contributed by atoms with van der Waals surface area (Å²) in [6, 6.07) is 8.47. The molecule has 2 N–H and O–H groups in total. The number of hydrogen-bond acceptors (Lipinski definition) is 4. The Kier molecular flexibility index (Phi) is 6.41. The van der Waals surface area contributed by atoms with Gasteiger partial charge in [-0.15, -0.1) is 0 Å². The normalized spacial score (nSPS) is 17.9. The van der Waals surface area contributed by atoms with Crippen LogP contribution >= 0.6 is 0 Å². The van der Waals surface area contributed by atoms with Gasteiger partial charge in [0.05, 0.1) is 25.5 Å². The van der Waals surface area contributed by atoms with Crippen LogP contribution in [0.25, 0.3) is 0 Å². The van der Waals surface area contributed by atoms with E-state index in [1.807, 2.05) is 14.1 Å². The number of sulfonamides is 1. The van der Waals surface area contributed by atoms with Gasteiger partial charge in [-0.25, -0.2) is 13.1 Å². The Morgan fingerprint density at radius 1 is 1.22 bits per heavy atom. The topological polar surface area (TPSA) is 63.1 Å². The van der Waals surface area contributed by atoms with E-state index in [9.17, 15) is 8.42 Å². The number of quaternary nitrogens is 1. The van der Waals surface area contributed by atoms with Crippen LogP contribution < -0.4 is 14.5 Å². The van der Waals surface area contributed by atoms with E-state index in [4.69, 9.17) is 4.74 Å². The van der Waals surface area contributed by atoms with E-state index in [2.05, 4.69) is 33.9 Å². The van der Waals surface area contributed by atoms with Gasteiger partial charge in [-0.05, 0) is 19.1 Å². The molecule has 0 aromatic heterocycles. The Hall–Kier alpha value is -1.15. The number of benzene rings is 1. The Labute approximate surface area is 139 Å². The van der Waals surface area contributed by atoms with Crippen molar-refractivity contribution < 1.29 is 18.1 Å². The fraction of sp³-hybridized carbons (Fsp3) is 0.625. The van der Waals surface area contributed by atoms with E-state index in [-0.39, 0.29) is 11.8 Å². The second kappa shape index (κ2) is 8.10. The molecule has 1 aliphatic heterocycles. The fourth-order valence-electron chi connectivity index (χ4n) is 2.80. The SMILES string of the molecule is CCS(=O)(=O)NC[C@@H](c1ccc(N(C)C)cc1)[NH+]1CCOCC1. The minimum absolute atomic E-state index is 0.108. The van der Waals surface area contributed by atoms with Crippen LogP contribution in [0.2, 0.25) is 0 Å². The van der Waals surface area contributed by atoms with Gasteiger partial charge in [-0.1, -0.05) is 12.1 Å². The zero-order chi connectivity index (χ0) is 16.9. The molecule has 0 bridgehead atoms. The third-order valence-corrected chi connectivity index (χ3v) is 5.69. The second-order valence-corrected chi connectivity index (χ2v) is 8.16. The Bertz CT molecular complexity index is 581. The predicted octanol–water partition coefficient (Wildman–Crippen LogP) is -0.352. The van der Waals surface area contributed by atoms with Crippen molar-refractivity contribution in [1.82, 2.24) is 4.72 Å². The summed E-state index contributed by atoms with van der Waals surface area (Å²) in [6.07, 6.45) is 0. The molecule has 1 aromatic rings. The minimum Gasteiger partial charge on any atom is -0.378 e. The van der Waals surface area contributed by atoms with Crippen LogP contribution in [-0.4, -0.2) is 61.1 Å². The molecule has 1 atom stereocenters. The van der Waals surface area contributed by atoms with Crippen LogP contribution in [0.5, 0.6) is 0 Å². The molecule has 23 heavy (non-hydrogen) atoms. The Morgan fingerprint density at radius 3 is 2.35 bits per heavy atom. The van der Waals surface area contributed by atoms with Crippen molar-refractivity contribution in [3.63, 3.8) is 0 Å². The first-order chi connectivity index (χ1) is 10.9. The Morgan fingerprint density at radius 2 is 1.83 bits per heavy atom. The third-order valence-electron chi connectivity index (χ3n) is 4.33. The maximum Gasteiger partial charge on any atom is 0.211 e. The van der Waals surface area contributed by atoms with Crippen LogP contribution in [0.15, 0.2) is 24.3 Å². The first kappa shape index (κ1) is 18.2. The van der Waals surface area contributed by atoms with Crippen LogP contribution in [-0.2, 0) is 14.8 Å². The maximum absolute atomic E-state index is 11.8. The molecule has 1 aromatic carbocycles. The summed E-state index contributed by atoms with van der Waals surface area (Å²) in [4.78, 5) is 3.42. The first-order valence-electron chi connectivity index (χ1n) is 8.10. The average Bonchev–Trinajstić information content (AvgIpc) is 2.56. The van der Waals surface area contributed by atoms with Gasteiger partial charge in [0.25, 0.3) is 0 Å². The summed E-state index contributed by atoms with van der Waals surface area (Å²) < 4.78 is 31.8. The minimum atomic E-state index is -3.19. The van der Waals surface area contributed by atoms with E-state index >= 15 is 0 Å². The van der Waals surface area contributed by atoms with E-state index in [0.29, 0.717) is 6.54 Å². The van der Waals surface area contributed by atoms with Gasteiger partial charge >= 0.3 is 0 Å². The number of rotatable bonds is 7. The molecule has 0 radical (unpaired) electrons. The molecule has 0 saturated carbocycles. The number of ether oxygens (including phenoxy) is 1. The Balaban J connectivity index is 2.17. The van der Waals surface area contributed by atoms with Gasteiger partial charge in [0.15, 0.2) is 0 Å². The lowest BCUT2D eigenvalue weighted by Crippen LogP contribution is -3.15. The standard InChI is InChI=1S/C16H27N3O3S/c1-4-23(20,21)17-13-16(19-9-11-22-12-10-19)14-5-7-15(8-6-14)18(2)3/h5-8,16-17H,4,9-13H2,1-3H3/p+1/t16-/m0/s1. The van der Waals surface area contributed by atoms with Gasteiger partial charge in [-0.3, -0.25) is 0 Å². The molecule has 1 heterocycles. The summed E-state index contributed by atoms with van der Waals surface area (Å²) in [5.41, 5.74) is 2.30. The molecule has 2 rings (SSSR count). The van der Waals surface area contributed by atoms with Crippen molar-refractivity contribution >= 4 is 15.7 Å². The predicted molar refractivity (Wildman–Crippen MR) is 92.5 cm³/mol. The molecular weight excluding hydrogens is 314 g/mol. The summed E-state index contributed by atoms with van der Waals surface area (Å²) in [5.74, 6) is 0.109. The molecule has 1 saturated heterocycles. The van der Waals surface area contributed by atoms with Crippen molar-refractivity contribution in [2.45, 2.75) is 13.0 Å². The van der Waals surface area contributed by atoms with Crippen LogP contribution in [0.1, 0.15) is 18.5 Å². The number of morpholine rings is 1. The summed E-state index contributed by atoms with van der Waals surface area (Å²) >= 11 is 0. The molecule has 1 fully saturated rings. The van der Waals surface area contributed by atoms with E-state index in [1.54, 1.807) is 6.92 Å². The number of nitrogens with zero attached hydrogens (tertiary/aromatic N) is 1. The molecule has 6 nitrogen and oxygen atoms in total. The highest BCUT2D eigenvalue weighted by molar-refractivity contribution is 7.89. The van der Waals surface area contributed by atoms with Crippen LogP contribution in [0, 0.1) is 0 Å². The van der Waals surface area contributed by atoms with Gasteiger partial charge in [0.1, 0.15) is 19.1 Å². The van der Waals surface area contributed by atoms with Crippen LogP contribution in [0.3, 0.4) is 0 Å².